The molecule has 0 N–H and O–H groups in total. The molecule has 1 atom stereocenters. The van der Waals surface area contributed by atoms with E-state index < -0.39 is 58.6 Å². The molecule has 0 aliphatic rings. The van der Waals surface area contributed by atoms with Crippen molar-refractivity contribution >= 4 is 46.1 Å². The summed E-state index contributed by atoms with van der Waals surface area (Å²) < 4.78 is 102. The zero-order valence-electron chi connectivity index (χ0n) is 16.7. The van der Waals surface area contributed by atoms with Gasteiger partial charge in [0.1, 0.15) is 5.75 Å². The molecular formula is C14H22N2O10S4. The molecule has 12 nitrogen and oxygen atoms in total. The van der Waals surface area contributed by atoms with Gasteiger partial charge in [0.2, 0.25) is 40.1 Å². The van der Waals surface area contributed by atoms with Crippen molar-refractivity contribution in [2.45, 2.75) is 13.0 Å². The van der Waals surface area contributed by atoms with Gasteiger partial charge in [-0.15, -0.1) is 0 Å². The molecule has 16 heteroatoms. The van der Waals surface area contributed by atoms with Crippen LogP contribution in [0.4, 0.5) is 0 Å². The fraction of sp³-hybridized carbons (Fsp3) is 0.500. The molecule has 30 heavy (non-hydrogen) atoms. The van der Waals surface area contributed by atoms with E-state index in [1.807, 2.05) is 0 Å². The summed E-state index contributed by atoms with van der Waals surface area (Å²) in [4.78, 5) is 11.0. The second kappa shape index (κ2) is 8.88. The Labute approximate surface area is 176 Å². The molecule has 0 aromatic heterocycles. The maximum absolute atomic E-state index is 12.2. The predicted octanol–water partition coefficient (Wildman–Crippen LogP) is -0.905. The Balaban J connectivity index is 3.74. The second-order valence-corrected chi connectivity index (χ2v) is 14.4. The van der Waals surface area contributed by atoms with Crippen LogP contribution >= 0.6 is 0 Å². The van der Waals surface area contributed by atoms with Crippen LogP contribution < -0.4 is 4.74 Å². The van der Waals surface area contributed by atoms with Gasteiger partial charge in [-0.05, 0) is 17.7 Å². The van der Waals surface area contributed by atoms with Crippen LogP contribution in [0.2, 0.25) is 0 Å². The summed E-state index contributed by atoms with van der Waals surface area (Å²) in [5.74, 6) is -0.591. The van der Waals surface area contributed by atoms with Gasteiger partial charge in [-0.25, -0.2) is 33.7 Å². The van der Waals surface area contributed by atoms with Gasteiger partial charge < -0.3 is 4.74 Å². The average molecular weight is 507 g/mol. The molecule has 0 amide bonds. The Hall–Kier alpha value is -1.59. The van der Waals surface area contributed by atoms with Gasteiger partial charge in [0.05, 0.1) is 37.6 Å². The Bertz CT molecular complexity index is 1150. The van der Waals surface area contributed by atoms with Crippen molar-refractivity contribution in [2.24, 2.45) is 0 Å². The molecule has 1 aromatic carbocycles. The molecule has 172 valence electrons. The third kappa shape index (κ3) is 7.28. The number of ether oxygens (including phenoxy) is 1. The normalized spacial score (nSPS) is 14.6. The Morgan fingerprint density at radius 3 is 1.50 bits per heavy atom. The van der Waals surface area contributed by atoms with Crippen LogP contribution in [0.5, 0.6) is 5.75 Å². The largest absolute Gasteiger partial charge is 0.427 e. The summed E-state index contributed by atoms with van der Waals surface area (Å²) in [6.07, 6.45) is 2.33. The third-order valence-electron chi connectivity index (χ3n) is 3.50. The standard InChI is InChI=1S/C14H22N2O10S4/c1-11(17)26-13-8-6-12(7-9-13)14(16(29(4,22)23)30(5,24)25)10-15(27(2,18)19)28(3,20)21/h6-9,14H,10H2,1-5H3/t14-/m1/s1. The quantitative estimate of drug-likeness (QED) is 0.302. The van der Waals surface area contributed by atoms with Crippen molar-refractivity contribution in [3.8, 4) is 5.75 Å². The van der Waals surface area contributed by atoms with Crippen LogP contribution in [0, 0.1) is 0 Å². The number of hydrogen-bond acceptors (Lipinski definition) is 10. The zero-order chi connectivity index (χ0) is 23.7. The summed E-state index contributed by atoms with van der Waals surface area (Å²) in [5.41, 5.74) is -0.0564. The van der Waals surface area contributed by atoms with Crippen LogP contribution in [0.1, 0.15) is 18.5 Å². The molecule has 0 saturated heterocycles. The first kappa shape index (κ1) is 26.4. The zero-order valence-corrected chi connectivity index (χ0v) is 20.0. The highest BCUT2D eigenvalue weighted by Gasteiger charge is 2.40. The number of benzene rings is 1. The summed E-state index contributed by atoms with van der Waals surface area (Å²) in [6.45, 7) is 0.104. The first-order valence-electron chi connectivity index (χ1n) is 7.90. The topological polar surface area (TPSA) is 169 Å². The highest BCUT2D eigenvalue weighted by molar-refractivity contribution is 8.04. The van der Waals surface area contributed by atoms with Crippen molar-refractivity contribution in [3.63, 3.8) is 0 Å². The Morgan fingerprint density at radius 2 is 1.20 bits per heavy atom. The smallest absolute Gasteiger partial charge is 0.308 e. The minimum atomic E-state index is -4.49. The lowest BCUT2D eigenvalue weighted by Gasteiger charge is -2.31. The fourth-order valence-electron chi connectivity index (χ4n) is 2.58. The molecule has 1 rings (SSSR count). The third-order valence-corrected chi connectivity index (χ3v) is 10.3. The number of sulfonamides is 4. The molecule has 0 heterocycles. The van der Waals surface area contributed by atoms with Crippen LogP contribution in [0.25, 0.3) is 0 Å². The van der Waals surface area contributed by atoms with E-state index in [9.17, 15) is 38.5 Å². The van der Waals surface area contributed by atoms with E-state index in [1.165, 1.54) is 24.3 Å². The van der Waals surface area contributed by atoms with E-state index in [2.05, 4.69) is 0 Å². The van der Waals surface area contributed by atoms with Gasteiger partial charge in [0, 0.05) is 6.92 Å². The van der Waals surface area contributed by atoms with Gasteiger partial charge in [-0.3, -0.25) is 4.79 Å². The number of hydrogen-bond donors (Lipinski definition) is 0. The molecule has 1 aromatic rings. The summed E-state index contributed by atoms with van der Waals surface area (Å²) >= 11 is 0. The molecule has 0 radical (unpaired) electrons. The number of rotatable bonds is 9. The Morgan fingerprint density at radius 1 is 0.800 bits per heavy atom. The minimum absolute atomic E-state index is 0.00794. The monoisotopic (exact) mass is 506 g/mol. The SMILES string of the molecule is CC(=O)Oc1ccc([C@@H](CN(S(C)(=O)=O)S(C)(=O)=O)N(S(C)(=O)=O)S(C)(=O)=O)cc1. The van der Waals surface area contributed by atoms with E-state index in [1.54, 1.807) is 0 Å². The highest BCUT2D eigenvalue weighted by atomic mass is 32.3. The lowest BCUT2D eigenvalue weighted by Crippen LogP contribution is -2.46. The van der Waals surface area contributed by atoms with Crippen molar-refractivity contribution in [2.75, 3.05) is 31.6 Å². The van der Waals surface area contributed by atoms with E-state index in [0.29, 0.717) is 25.0 Å². The van der Waals surface area contributed by atoms with Gasteiger partial charge in [-0.1, -0.05) is 19.6 Å². The van der Waals surface area contributed by atoms with Gasteiger partial charge in [0.25, 0.3) is 0 Å². The van der Waals surface area contributed by atoms with Gasteiger partial charge in [0.15, 0.2) is 0 Å². The second-order valence-electron chi connectivity index (χ2n) is 6.41. The first-order chi connectivity index (χ1) is 13.2. The maximum atomic E-state index is 12.2. The molecular weight excluding hydrogens is 484 g/mol. The number of carbonyl (C=O) groups is 1. The van der Waals surface area contributed by atoms with E-state index in [4.69, 9.17) is 4.74 Å². The lowest BCUT2D eigenvalue weighted by atomic mass is 10.1. The van der Waals surface area contributed by atoms with Crippen LogP contribution in [-0.4, -0.2) is 78.6 Å². The highest BCUT2D eigenvalue weighted by Crippen LogP contribution is 2.30. The summed E-state index contributed by atoms with van der Waals surface area (Å²) in [5, 5.41) is 0. The number of carbonyl (C=O) groups excluding carboxylic acids is 1. The van der Waals surface area contributed by atoms with Gasteiger partial charge >= 0.3 is 5.97 Å². The fourth-order valence-corrected chi connectivity index (χ4v) is 8.64. The molecule has 0 unspecified atom stereocenters. The van der Waals surface area contributed by atoms with Crippen molar-refractivity contribution in [1.82, 2.24) is 7.42 Å². The average Bonchev–Trinajstić information content (AvgIpc) is 2.46. The van der Waals surface area contributed by atoms with Crippen molar-refractivity contribution in [3.05, 3.63) is 29.8 Å². The first-order valence-corrected chi connectivity index (χ1v) is 15.3. The lowest BCUT2D eigenvalue weighted by molar-refractivity contribution is -0.131. The maximum Gasteiger partial charge on any atom is 0.308 e. The molecule has 0 spiro atoms. The number of esters is 1. The molecule has 0 bridgehead atoms. The van der Waals surface area contributed by atoms with Crippen LogP contribution in [0.3, 0.4) is 0 Å². The van der Waals surface area contributed by atoms with E-state index in [0.717, 1.165) is 6.92 Å². The molecule has 0 saturated carbocycles. The van der Waals surface area contributed by atoms with E-state index >= 15 is 0 Å². The van der Waals surface area contributed by atoms with Crippen molar-refractivity contribution < 1.29 is 43.2 Å². The minimum Gasteiger partial charge on any atom is -0.427 e. The number of nitrogens with zero attached hydrogens (tertiary/aromatic N) is 2. The Kier molecular flexibility index (Phi) is 7.82. The molecule has 0 aliphatic carbocycles. The van der Waals surface area contributed by atoms with Crippen LogP contribution in [-0.2, 0) is 44.9 Å². The predicted molar refractivity (Wildman–Crippen MR) is 108 cm³/mol. The molecule has 0 aliphatic heterocycles. The van der Waals surface area contributed by atoms with Crippen molar-refractivity contribution in [1.29, 1.82) is 0 Å². The summed E-state index contributed by atoms with van der Waals surface area (Å²) in [6, 6.07) is 3.06. The van der Waals surface area contributed by atoms with Gasteiger partial charge in [-0.2, -0.15) is 0 Å². The summed E-state index contributed by atoms with van der Waals surface area (Å²) in [7, 11) is -17.8. The molecule has 0 fully saturated rings. The van der Waals surface area contributed by atoms with E-state index in [-0.39, 0.29) is 18.7 Å². The van der Waals surface area contributed by atoms with Crippen LogP contribution in [0.15, 0.2) is 24.3 Å².